The average molecular weight is 450 g/mol. The van der Waals surface area contributed by atoms with Crippen LogP contribution in [0.3, 0.4) is 0 Å². The van der Waals surface area contributed by atoms with Crippen molar-refractivity contribution < 1.29 is 22.3 Å². The molecule has 2 aliphatic rings. The van der Waals surface area contributed by atoms with E-state index in [9.17, 15) is 18.0 Å². The van der Waals surface area contributed by atoms with Gasteiger partial charge in [-0.25, -0.2) is 4.79 Å². The van der Waals surface area contributed by atoms with Crippen LogP contribution in [-0.2, 0) is 32.1 Å². The Balaban J connectivity index is 1.53. The van der Waals surface area contributed by atoms with Crippen molar-refractivity contribution in [2.45, 2.75) is 44.9 Å². The van der Waals surface area contributed by atoms with Gasteiger partial charge in [-0.05, 0) is 48.9 Å². The van der Waals surface area contributed by atoms with E-state index in [4.69, 9.17) is 20.8 Å². The number of hydrogen-bond donors (Lipinski definition) is 0. The molecular formula is C23H19ClF3NO3. The maximum Gasteiger partial charge on any atom is 0.416 e. The summed E-state index contributed by atoms with van der Waals surface area (Å²) in [6.07, 6.45) is -0.955. The van der Waals surface area contributed by atoms with Gasteiger partial charge < -0.3 is 9.15 Å². The SMILES string of the molecule is O=c1oc2c3c(c(Cl)cc2c2c1CCCC2)OCN(Cc1cccc(C(F)(F)F)c1)C3. The summed E-state index contributed by atoms with van der Waals surface area (Å²) in [5, 5.41) is 1.27. The van der Waals surface area contributed by atoms with Gasteiger partial charge in [0.2, 0.25) is 0 Å². The van der Waals surface area contributed by atoms with Crippen LogP contribution in [-0.4, -0.2) is 11.6 Å². The highest BCUT2D eigenvalue weighted by Crippen LogP contribution is 2.41. The summed E-state index contributed by atoms with van der Waals surface area (Å²) in [4.78, 5) is 14.4. The van der Waals surface area contributed by atoms with E-state index in [0.29, 0.717) is 46.0 Å². The zero-order valence-electron chi connectivity index (χ0n) is 16.5. The molecule has 4 nitrogen and oxygen atoms in total. The summed E-state index contributed by atoms with van der Waals surface area (Å²) in [5.41, 5.74) is 2.32. The summed E-state index contributed by atoms with van der Waals surface area (Å²) in [6, 6.07) is 7.04. The highest BCUT2D eigenvalue weighted by atomic mass is 35.5. The van der Waals surface area contributed by atoms with Crippen LogP contribution in [0.2, 0.25) is 5.02 Å². The standard InChI is InChI=1S/C23H19ClF3NO3/c24-19-9-17-15-6-1-2-7-16(15)22(29)31-20(17)18-11-28(12-30-21(18)19)10-13-4-3-5-14(8-13)23(25,26)27/h3-5,8-9H,1-2,6-7,10-12H2. The zero-order chi connectivity index (χ0) is 21.8. The first kappa shape index (κ1) is 20.4. The lowest BCUT2D eigenvalue weighted by Gasteiger charge is -2.30. The number of benzene rings is 2. The van der Waals surface area contributed by atoms with E-state index >= 15 is 0 Å². The molecule has 8 heteroatoms. The first-order valence-corrected chi connectivity index (χ1v) is 10.5. The summed E-state index contributed by atoms with van der Waals surface area (Å²) < 4.78 is 50.7. The molecule has 0 radical (unpaired) electrons. The number of halogens is 4. The highest BCUT2D eigenvalue weighted by Gasteiger charge is 2.31. The van der Waals surface area contributed by atoms with Crippen molar-refractivity contribution >= 4 is 22.6 Å². The van der Waals surface area contributed by atoms with Crippen LogP contribution in [0.5, 0.6) is 5.75 Å². The lowest BCUT2D eigenvalue weighted by Crippen LogP contribution is -2.32. The van der Waals surface area contributed by atoms with Gasteiger partial charge >= 0.3 is 11.8 Å². The number of ether oxygens (including phenoxy) is 1. The topological polar surface area (TPSA) is 42.7 Å². The summed E-state index contributed by atoms with van der Waals surface area (Å²) in [5.74, 6) is 0.466. The third-order valence-corrected chi connectivity index (χ3v) is 6.23. The van der Waals surface area contributed by atoms with Crippen LogP contribution in [0, 0.1) is 0 Å². The molecule has 2 heterocycles. The van der Waals surface area contributed by atoms with Gasteiger partial charge in [-0.15, -0.1) is 0 Å². The largest absolute Gasteiger partial charge is 0.476 e. The van der Waals surface area contributed by atoms with Crippen LogP contribution in [0.1, 0.15) is 40.7 Å². The van der Waals surface area contributed by atoms with Crippen molar-refractivity contribution in [2.24, 2.45) is 0 Å². The van der Waals surface area contributed by atoms with Crippen LogP contribution in [0.15, 0.2) is 39.5 Å². The van der Waals surface area contributed by atoms with Crippen LogP contribution < -0.4 is 10.4 Å². The molecular weight excluding hydrogens is 431 g/mol. The van der Waals surface area contributed by atoms with E-state index < -0.39 is 11.7 Å². The molecule has 0 saturated heterocycles. The Labute approximate surface area is 181 Å². The molecule has 0 fully saturated rings. The van der Waals surface area contributed by atoms with Crippen molar-refractivity contribution in [3.05, 3.63) is 73.6 Å². The molecule has 0 atom stereocenters. The third-order valence-electron chi connectivity index (χ3n) is 5.95. The van der Waals surface area contributed by atoms with Crippen molar-refractivity contribution in [3.8, 4) is 5.75 Å². The van der Waals surface area contributed by atoms with Crippen molar-refractivity contribution in [3.63, 3.8) is 0 Å². The fraction of sp³-hybridized carbons (Fsp3) is 0.348. The molecule has 0 N–H and O–H groups in total. The first-order valence-electron chi connectivity index (χ1n) is 10.1. The molecule has 2 aromatic carbocycles. The molecule has 0 saturated carbocycles. The third kappa shape index (κ3) is 3.70. The fourth-order valence-corrected chi connectivity index (χ4v) is 4.80. The number of rotatable bonds is 2. The second-order valence-corrected chi connectivity index (χ2v) is 8.46. The van der Waals surface area contributed by atoms with Gasteiger partial charge in [0.05, 0.1) is 16.1 Å². The Morgan fingerprint density at radius 1 is 1.06 bits per heavy atom. The molecule has 5 rings (SSSR count). The van der Waals surface area contributed by atoms with E-state index in [-0.39, 0.29) is 18.9 Å². The second-order valence-electron chi connectivity index (χ2n) is 8.06. The van der Waals surface area contributed by atoms with Gasteiger partial charge in [-0.1, -0.05) is 29.8 Å². The smallest absolute Gasteiger partial charge is 0.416 e. The number of aryl methyl sites for hydroxylation is 1. The number of fused-ring (bicyclic) bond motifs is 5. The van der Waals surface area contributed by atoms with E-state index in [1.807, 2.05) is 4.90 Å². The van der Waals surface area contributed by atoms with Crippen molar-refractivity contribution in [1.82, 2.24) is 4.90 Å². The van der Waals surface area contributed by atoms with Crippen molar-refractivity contribution in [1.29, 1.82) is 0 Å². The lowest BCUT2D eigenvalue weighted by atomic mass is 9.90. The van der Waals surface area contributed by atoms with Gasteiger partial charge in [-0.3, -0.25) is 4.90 Å². The van der Waals surface area contributed by atoms with Gasteiger partial charge in [0.15, 0.2) is 0 Å². The van der Waals surface area contributed by atoms with Gasteiger partial charge in [-0.2, -0.15) is 13.2 Å². The van der Waals surface area contributed by atoms with Gasteiger partial charge in [0.25, 0.3) is 0 Å². The van der Waals surface area contributed by atoms with Crippen LogP contribution in [0.25, 0.3) is 11.0 Å². The van der Waals surface area contributed by atoms with E-state index in [2.05, 4.69) is 0 Å². The molecule has 1 aliphatic carbocycles. The Morgan fingerprint density at radius 3 is 2.61 bits per heavy atom. The molecule has 0 amide bonds. The lowest BCUT2D eigenvalue weighted by molar-refractivity contribution is -0.137. The molecule has 3 aromatic rings. The number of nitrogens with zero attached hydrogens (tertiary/aromatic N) is 1. The molecule has 0 unspecified atom stereocenters. The summed E-state index contributed by atoms with van der Waals surface area (Å²) in [7, 11) is 0. The van der Waals surface area contributed by atoms with E-state index in [1.54, 1.807) is 12.1 Å². The Bertz CT molecular complexity index is 1240. The number of hydrogen-bond acceptors (Lipinski definition) is 4. The molecule has 0 spiro atoms. The monoisotopic (exact) mass is 449 g/mol. The molecule has 162 valence electrons. The normalized spacial score (nSPS) is 16.6. The Hall–Kier alpha value is -2.51. The summed E-state index contributed by atoms with van der Waals surface area (Å²) in [6.45, 7) is 0.778. The molecule has 31 heavy (non-hydrogen) atoms. The van der Waals surface area contributed by atoms with Gasteiger partial charge in [0, 0.05) is 24.0 Å². The summed E-state index contributed by atoms with van der Waals surface area (Å²) >= 11 is 6.49. The van der Waals surface area contributed by atoms with Crippen LogP contribution in [0.4, 0.5) is 13.2 Å². The van der Waals surface area contributed by atoms with E-state index in [1.165, 1.54) is 6.07 Å². The predicted octanol–water partition coefficient (Wildman–Crippen LogP) is 5.70. The minimum absolute atomic E-state index is 0.170. The van der Waals surface area contributed by atoms with Gasteiger partial charge in [0.1, 0.15) is 18.1 Å². The minimum Gasteiger partial charge on any atom is -0.476 e. The van der Waals surface area contributed by atoms with E-state index in [0.717, 1.165) is 42.3 Å². The molecule has 1 aliphatic heterocycles. The minimum atomic E-state index is -4.40. The number of alkyl halides is 3. The molecule has 1 aromatic heterocycles. The van der Waals surface area contributed by atoms with Crippen LogP contribution >= 0.6 is 11.6 Å². The zero-order valence-corrected chi connectivity index (χ0v) is 17.3. The van der Waals surface area contributed by atoms with Crippen molar-refractivity contribution in [2.75, 3.05) is 6.73 Å². The Kier molecular flexibility index (Phi) is 4.98. The molecule has 0 bridgehead atoms. The first-order chi connectivity index (χ1) is 14.8. The highest BCUT2D eigenvalue weighted by molar-refractivity contribution is 6.33. The maximum atomic E-state index is 13.0. The fourth-order valence-electron chi connectivity index (χ4n) is 4.52. The average Bonchev–Trinajstić information content (AvgIpc) is 2.75. The predicted molar refractivity (Wildman–Crippen MR) is 110 cm³/mol. The quantitative estimate of drug-likeness (QED) is 0.471. The second kappa shape index (κ2) is 7.57. The Morgan fingerprint density at radius 2 is 1.84 bits per heavy atom. The maximum absolute atomic E-state index is 13.0.